The van der Waals surface area contributed by atoms with Crippen LogP contribution in [0.4, 0.5) is 23.1 Å². The standard InChI is InChI=1S/C21H24N8O/c1-15-14-18(26-25-15)23-20-19(27-30)21(29-12-10-28(2)11-13-29)24-17(22-20)9-8-16-6-4-3-5-7-16/h3-9,14H,10-13H2,1-2H3,(H2,22,23,24,25,26)/b9-8+. The molecule has 9 nitrogen and oxygen atoms in total. The summed E-state index contributed by atoms with van der Waals surface area (Å²) >= 11 is 0. The lowest BCUT2D eigenvalue weighted by Gasteiger charge is -2.33. The summed E-state index contributed by atoms with van der Waals surface area (Å²) in [6, 6.07) is 11.8. The van der Waals surface area contributed by atoms with E-state index in [0.29, 0.717) is 23.3 Å². The lowest BCUT2D eigenvalue weighted by molar-refractivity contribution is 0.312. The van der Waals surface area contributed by atoms with Crippen LogP contribution in [-0.2, 0) is 0 Å². The Morgan fingerprint density at radius 1 is 1.10 bits per heavy atom. The molecule has 0 radical (unpaired) electrons. The highest BCUT2D eigenvalue weighted by Gasteiger charge is 2.23. The first-order valence-electron chi connectivity index (χ1n) is 9.83. The van der Waals surface area contributed by atoms with Crippen LogP contribution in [0.1, 0.15) is 17.1 Å². The second-order valence-corrected chi connectivity index (χ2v) is 7.28. The first kappa shape index (κ1) is 19.7. The Morgan fingerprint density at radius 3 is 2.53 bits per heavy atom. The van der Waals surface area contributed by atoms with Crippen LogP contribution in [0, 0.1) is 11.8 Å². The number of H-pyrrole nitrogens is 1. The number of benzene rings is 1. The molecule has 1 saturated heterocycles. The van der Waals surface area contributed by atoms with Gasteiger partial charge in [0.05, 0.1) is 5.69 Å². The largest absolute Gasteiger partial charge is 0.352 e. The van der Waals surface area contributed by atoms with Crippen LogP contribution in [0.15, 0.2) is 41.6 Å². The van der Waals surface area contributed by atoms with Gasteiger partial charge in [0.25, 0.3) is 0 Å². The van der Waals surface area contributed by atoms with Crippen LogP contribution in [-0.4, -0.2) is 58.3 Å². The molecule has 0 spiro atoms. The summed E-state index contributed by atoms with van der Waals surface area (Å²) in [6.07, 6.45) is 3.79. The van der Waals surface area contributed by atoms with Crippen LogP contribution in [0.5, 0.6) is 0 Å². The molecule has 0 amide bonds. The van der Waals surface area contributed by atoms with Gasteiger partial charge >= 0.3 is 0 Å². The number of piperazine rings is 1. The average molecular weight is 404 g/mol. The van der Waals surface area contributed by atoms with Gasteiger partial charge in [0, 0.05) is 32.2 Å². The third kappa shape index (κ3) is 4.52. The zero-order chi connectivity index (χ0) is 20.9. The van der Waals surface area contributed by atoms with Crippen molar-refractivity contribution in [1.29, 1.82) is 0 Å². The van der Waals surface area contributed by atoms with Gasteiger partial charge in [-0.05, 0) is 30.8 Å². The van der Waals surface area contributed by atoms with E-state index in [2.05, 4.69) is 47.5 Å². The second-order valence-electron chi connectivity index (χ2n) is 7.28. The van der Waals surface area contributed by atoms with Crippen molar-refractivity contribution in [2.24, 2.45) is 5.18 Å². The van der Waals surface area contributed by atoms with Crippen LogP contribution < -0.4 is 10.2 Å². The Morgan fingerprint density at radius 2 is 1.87 bits per heavy atom. The van der Waals surface area contributed by atoms with Gasteiger partial charge in [0.1, 0.15) is 5.82 Å². The van der Waals surface area contributed by atoms with E-state index in [-0.39, 0.29) is 5.69 Å². The van der Waals surface area contributed by atoms with E-state index >= 15 is 0 Å². The van der Waals surface area contributed by atoms with E-state index in [1.165, 1.54) is 0 Å². The van der Waals surface area contributed by atoms with E-state index in [9.17, 15) is 4.91 Å². The number of hydrogen-bond acceptors (Lipinski definition) is 8. The molecule has 4 rings (SSSR count). The number of aryl methyl sites for hydroxylation is 1. The maximum absolute atomic E-state index is 11.8. The summed E-state index contributed by atoms with van der Waals surface area (Å²) in [6.45, 7) is 5.19. The van der Waals surface area contributed by atoms with Crippen molar-refractivity contribution >= 4 is 35.3 Å². The van der Waals surface area contributed by atoms with Crippen molar-refractivity contribution < 1.29 is 0 Å². The van der Waals surface area contributed by atoms with Gasteiger partial charge in [-0.15, -0.1) is 4.91 Å². The molecule has 154 valence electrons. The lowest BCUT2D eigenvalue weighted by Crippen LogP contribution is -2.45. The fourth-order valence-electron chi connectivity index (χ4n) is 3.29. The molecule has 2 aromatic heterocycles. The SMILES string of the molecule is Cc1cc(Nc2nc(/C=C/c3ccccc3)nc(N3CCN(C)CC3)c2N=O)[nH]n1. The normalized spacial score (nSPS) is 14.9. The maximum atomic E-state index is 11.8. The fraction of sp³-hybridized carbons (Fsp3) is 0.286. The summed E-state index contributed by atoms with van der Waals surface area (Å²) in [4.78, 5) is 25.3. The Labute approximate surface area is 174 Å². The molecule has 0 saturated carbocycles. The predicted molar refractivity (Wildman–Crippen MR) is 119 cm³/mol. The quantitative estimate of drug-likeness (QED) is 0.606. The third-order valence-corrected chi connectivity index (χ3v) is 4.96. The van der Waals surface area contributed by atoms with Crippen molar-refractivity contribution in [1.82, 2.24) is 25.1 Å². The van der Waals surface area contributed by atoms with Gasteiger partial charge in [-0.1, -0.05) is 36.4 Å². The number of aromatic nitrogens is 4. The van der Waals surface area contributed by atoms with Crippen LogP contribution in [0.25, 0.3) is 12.2 Å². The summed E-state index contributed by atoms with van der Waals surface area (Å²) in [5.41, 5.74) is 2.07. The first-order chi connectivity index (χ1) is 14.6. The first-order valence-corrected chi connectivity index (χ1v) is 9.83. The molecular formula is C21H24N8O. The number of hydrogen-bond donors (Lipinski definition) is 2. The monoisotopic (exact) mass is 404 g/mol. The number of rotatable bonds is 6. The van der Waals surface area contributed by atoms with Crippen LogP contribution in [0.3, 0.4) is 0 Å². The predicted octanol–water partition coefficient (Wildman–Crippen LogP) is 3.57. The molecule has 0 atom stereocenters. The molecule has 0 unspecified atom stereocenters. The minimum absolute atomic E-state index is 0.198. The van der Waals surface area contributed by atoms with Crippen molar-refractivity contribution in [3.8, 4) is 0 Å². The molecule has 0 bridgehead atoms. The van der Waals surface area contributed by atoms with Crippen molar-refractivity contribution in [2.75, 3.05) is 43.4 Å². The number of nitrogens with zero attached hydrogens (tertiary/aromatic N) is 6. The zero-order valence-electron chi connectivity index (χ0n) is 17.0. The molecule has 1 aliphatic rings. The third-order valence-electron chi connectivity index (χ3n) is 4.96. The smallest absolute Gasteiger partial charge is 0.193 e. The van der Waals surface area contributed by atoms with E-state index < -0.39 is 0 Å². The van der Waals surface area contributed by atoms with Crippen molar-refractivity contribution in [3.05, 3.63) is 58.4 Å². The number of likely N-dealkylation sites (N-methyl/N-ethyl adjacent to an activating group) is 1. The summed E-state index contributed by atoms with van der Waals surface area (Å²) in [5, 5.41) is 13.4. The Kier molecular flexibility index (Phi) is 5.80. The second kappa shape index (κ2) is 8.83. The lowest BCUT2D eigenvalue weighted by atomic mass is 10.2. The van der Waals surface area contributed by atoms with Gasteiger partial charge in [-0.3, -0.25) is 5.10 Å². The van der Waals surface area contributed by atoms with Gasteiger partial charge in [0.2, 0.25) is 0 Å². The van der Waals surface area contributed by atoms with Crippen molar-refractivity contribution in [2.45, 2.75) is 6.92 Å². The molecule has 3 heterocycles. The van der Waals surface area contributed by atoms with Crippen LogP contribution >= 0.6 is 0 Å². The highest BCUT2D eigenvalue weighted by Crippen LogP contribution is 2.35. The molecule has 1 aliphatic heterocycles. The molecule has 9 heteroatoms. The number of aromatic amines is 1. The highest BCUT2D eigenvalue weighted by atomic mass is 16.3. The van der Waals surface area contributed by atoms with Crippen molar-refractivity contribution in [3.63, 3.8) is 0 Å². The molecule has 1 fully saturated rings. The fourth-order valence-corrected chi connectivity index (χ4v) is 3.29. The number of nitroso groups, excluding NO2 is 1. The van der Waals surface area contributed by atoms with Crippen LogP contribution in [0.2, 0.25) is 0 Å². The number of anilines is 3. The molecular weight excluding hydrogens is 380 g/mol. The zero-order valence-corrected chi connectivity index (χ0v) is 17.0. The summed E-state index contributed by atoms with van der Waals surface area (Å²) < 4.78 is 0. The van der Waals surface area contributed by atoms with Gasteiger partial charge < -0.3 is 15.1 Å². The van der Waals surface area contributed by atoms with E-state index in [0.717, 1.165) is 37.4 Å². The Bertz CT molecular complexity index is 1040. The van der Waals surface area contributed by atoms with Gasteiger partial charge in [-0.2, -0.15) is 5.10 Å². The summed E-state index contributed by atoms with van der Waals surface area (Å²) in [7, 11) is 2.08. The van der Waals surface area contributed by atoms with Gasteiger partial charge in [-0.25, -0.2) is 9.97 Å². The molecule has 30 heavy (non-hydrogen) atoms. The van der Waals surface area contributed by atoms with E-state index in [1.54, 1.807) is 0 Å². The Hall–Kier alpha value is -3.59. The Balaban J connectivity index is 1.73. The molecule has 3 aromatic rings. The topological polar surface area (TPSA) is 102 Å². The average Bonchev–Trinajstić information content (AvgIpc) is 3.18. The molecule has 0 aliphatic carbocycles. The van der Waals surface area contributed by atoms with E-state index in [1.807, 2.05) is 55.5 Å². The van der Waals surface area contributed by atoms with E-state index in [4.69, 9.17) is 0 Å². The maximum Gasteiger partial charge on any atom is 0.193 e. The molecule has 1 aromatic carbocycles. The minimum atomic E-state index is 0.198. The van der Waals surface area contributed by atoms with Gasteiger partial charge in [0.15, 0.2) is 23.1 Å². The number of nitrogens with one attached hydrogen (secondary N) is 2. The summed E-state index contributed by atoms with van der Waals surface area (Å²) in [5.74, 6) is 2.03. The minimum Gasteiger partial charge on any atom is -0.352 e. The molecule has 2 N–H and O–H groups in total. The highest BCUT2D eigenvalue weighted by molar-refractivity contribution is 5.79.